The summed E-state index contributed by atoms with van der Waals surface area (Å²) in [5.74, 6) is 0. The molecule has 0 radical (unpaired) electrons. The average Bonchev–Trinajstić information content (AvgIpc) is 2.11. The smallest absolute Gasteiger partial charge is 0.407 e. The molecule has 0 spiro atoms. The lowest BCUT2D eigenvalue weighted by Crippen LogP contribution is -2.41. The first kappa shape index (κ1) is 15.5. The van der Waals surface area contributed by atoms with Gasteiger partial charge in [0.2, 0.25) is 0 Å². The summed E-state index contributed by atoms with van der Waals surface area (Å²) in [4.78, 5) is 25.7. The van der Waals surface area contributed by atoms with Gasteiger partial charge in [0.05, 0.1) is 6.04 Å². The van der Waals surface area contributed by atoms with Crippen LogP contribution in [-0.2, 0) is 9.57 Å². The van der Waals surface area contributed by atoms with Crippen molar-refractivity contribution in [3.05, 3.63) is 10.1 Å². The van der Waals surface area contributed by atoms with E-state index < -0.39 is 22.8 Å². The number of carbonyl (C=O) groups excluding carboxylic acids is 1. The number of hydrogen-bond donors (Lipinski definition) is 1. The Kier molecular flexibility index (Phi) is 6.30. The van der Waals surface area contributed by atoms with Crippen LogP contribution in [0.4, 0.5) is 4.79 Å². The van der Waals surface area contributed by atoms with E-state index in [9.17, 15) is 14.9 Å². The average molecular weight is 248 g/mol. The first-order valence-electron chi connectivity index (χ1n) is 5.51. The molecule has 1 N–H and O–H groups in total. The fourth-order valence-electron chi connectivity index (χ4n) is 1.17. The van der Waals surface area contributed by atoms with E-state index in [1.54, 1.807) is 20.8 Å². The SMILES string of the molecule is CCC[C@@H](CO[N+](=O)[O-])NC(=O)OC(C)(C)C. The maximum atomic E-state index is 11.4. The first-order chi connectivity index (χ1) is 7.74. The van der Waals surface area contributed by atoms with Gasteiger partial charge < -0.3 is 14.9 Å². The van der Waals surface area contributed by atoms with Gasteiger partial charge in [-0.3, -0.25) is 0 Å². The van der Waals surface area contributed by atoms with Crippen LogP contribution in [-0.4, -0.2) is 29.4 Å². The highest BCUT2D eigenvalue weighted by Gasteiger charge is 2.19. The number of carbonyl (C=O) groups is 1. The third kappa shape index (κ3) is 9.40. The van der Waals surface area contributed by atoms with Crippen LogP contribution in [0.5, 0.6) is 0 Å². The zero-order chi connectivity index (χ0) is 13.5. The monoisotopic (exact) mass is 248 g/mol. The summed E-state index contributed by atoms with van der Waals surface area (Å²) in [6.07, 6.45) is 0.775. The summed E-state index contributed by atoms with van der Waals surface area (Å²) in [6, 6.07) is -0.416. The molecule has 0 aliphatic carbocycles. The Hall–Kier alpha value is -1.53. The van der Waals surface area contributed by atoms with Crippen LogP contribution in [0.1, 0.15) is 40.5 Å². The van der Waals surface area contributed by atoms with Crippen molar-refractivity contribution < 1.29 is 19.5 Å². The lowest BCUT2D eigenvalue weighted by atomic mass is 10.2. The van der Waals surface area contributed by atoms with Crippen molar-refractivity contribution in [2.24, 2.45) is 0 Å². The molecule has 0 heterocycles. The number of hydrogen-bond acceptors (Lipinski definition) is 5. The van der Waals surface area contributed by atoms with Gasteiger partial charge in [-0.15, -0.1) is 10.1 Å². The quantitative estimate of drug-likeness (QED) is 0.572. The number of rotatable bonds is 6. The number of nitrogens with one attached hydrogen (secondary N) is 1. The summed E-state index contributed by atoms with van der Waals surface area (Å²) in [6.45, 7) is 6.98. The molecular formula is C10H20N2O5. The molecule has 0 unspecified atom stereocenters. The van der Waals surface area contributed by atoms with E-state index in [0.29, 0.717) is 6.42 Å². The van der Waals surface area contributed by atoms with Crippen LogP contribution in [0.15, 0.2) is 0 Å². The van der Waals surface area contributed by atoms with E-state index >= 15 is 0 Å². The molecule has 0 aromatic rings. The second kappa shape index (κ2) is 6.93. The molecule has 0 saturated carbocycles. The highest BCUT2D eigenvalue weighted by Crippen LogP contribution is 2.07. The fourth-order valence-corrected chi connectivity index (χ4v) is 1.17. The van der Waals surface area contributed by atoms with Crippen LogP contribution in [0.3, 0.4) is 0 Å². The maximum absolute atomic E-state index is 11.4. The molecule has 0 aromatic heterocycles. The van der Waals surface area contributed by atoms with Crippen LogP contribution in [0.2, 0.25) is 0 Å². The molecule has 17 heavy (non-hydrogen) atoms. The second-order valence-electron chi connectivity index (χ2n) is 4.65. The molecule has 0 aromatic carbocycles. The summed E-state index contributed by atoms with van der Waals surface area (Å²) >= 11 is 0. The van der Waals surface area contributed by atoms with Crippen LogP contribution < -0.4 is 5.32 Å². The minimum absolute atomic E-state index is 0.167. The van der Waals surface area contributed by atoms with Crippen molar-refractivity contribution in [3.8, 4) is 0 Å². The third-order valence-corrected chi connectivity index (χ3v) is 1.74. The van der Waals surface area contributed by atoms with E-state index in [1.807, 2.05) is 6.92 Å². The topological polar surface area (TPSA) is 90.7 Å². The van der Waals surface area contributed by atoms with E-state index in [-0.39, 0.29) is 6.61 Å². The van der Waals surface area contributed by atoms with Gasteiger partial charge in [-0.25, -0.2) is 4.79 Å². The molecule has 0 aliphatic heterocycles. The zero-order valence-corrected chi connectivity index (χ0v) is 10.7. The summed E-state index contributed by atoms with van der Waals surface area (Å²) < 4.78 is 5.05. The predicted octanol–water partition coefficient (Wildman–Crippen LogP) is 1.89. The van der Waals surface area contributed by atoms with E-state index in [2.05, 4.69) is 10.2 Å². The fraction of sp³-hybridized carbons (Fsp3) is 0.900. The molecule has 1 atom stereocenters. The molecular weight excluding hydrogens is 228 g/mol. The number of nitrogens with zero attached hydrogens (tertiary/aromatic N) is 1. The maximum Gasteiger partial charge on any atom is 0.407 e. The van der Waals surface area contributed by atoms with Crippen molar-refractivity contribution in [2.75, 3.05) is 6.61 Å². The Morgan fingerprint density at radius 3 is 2.47 bits per heavy atom. The van der Waals surface area contributed by atoms with Gasteiger partial charge in [0, 0.05) is 0 Å². The Balaban J connectivity index is 4.14. The number of alkyl carbamates (subject to hydrolysis) is 1. The summed E-state index contributed by atoms with van der Waals surface area (Å²) in [5.41, 5.74) is -0.592. The Bertz CT molecular complexity index is 262. The molecule has 0 bridgehead atoms. The molecule has 0 aliphatic rings. The van der Waals surface area contributed by atoms with Crippen molar-refractivity contribution >= 4 is 6.09 Å². The van der Waals surface area contributed by atoms with Crippen molar-refractivity contribution in [3.63, 3.8) is 0 Å². The number of ether oxygens (including phenoxy) is 1. The van der Waals surface area contributed by atoms with Gasteiger partial charge in [-0.05, 0) is 27.2 Å². The number of amides is 1. The zero-order valence-electron chi connectivity index (χ0n) is 10.7. The van der Waals surface area contributed by atoms with Gasteiger partial charge in [0.25, 0.3) is 5.09 Å². The molecule has 0 fully saturated rings. The Morgan fingerprint density at radius 1 is 1.47 bits per heavy atom. The molecule has 0 saturated heterocycles. The third-order valence-electron chi connectivity index (χ3n) is 1.74. The van der Waals surface area contributed by atoms with Crippen LogP contribution >= 0.6 is 0 Å². The lowest BCUT2D eigenvalue weighted by molar-refractivity contribution is -0.758. The van der Waals surface area contributed by atoms with Crippen LogP contribution in [0.25, 0.3) is 0 Å². The Labute approximate surface area is 101 Å². The lowest BCUT2D eigenvalue weighted by Gasteiger charge is -2.23. The van der Waals surface area contributed by atoms with E-state index in [0.717, 1.165) is 6.42 Å². The van der Waals surface area contributed by atoms with Gasteiger partial charge >= 0.3 is 6.09 Å². The minimum atomic E-state index is -0.876. The molecule has 1 amide bonds. The van der Waals surface area contributed by atoms with Gasteiger partial charge in [-0.2, -0.15) is 0 Å². The summed E-state index contributed by atoms with van der Waals surface area (Å²) in [7, 11) is 0. The second-order valence-corrected chi connectivity index (χ2v) is 4.65. The largest absolute Gasteiger partial charge is 0.444 e. The summed E-state index contributed by atoms with van der Waals surface area (Å²) in [5, 5.41) is 11.7. The van der Waals surface area contributed by atoms with Crippen LogP contribution in [0, 0.1) is 10.1 Å². The minimum Gasteiger partial charge on any atom is -0.444 e. The normalized spacial score (nSPS) is 12.7. The molecule has 0 rings (SSSR count). The highest BCUT2D eigenvalue weighted by molar-refractivity contribution is 5.68. The van der Waals surface area contributed by atoms with Crippen molar-refractivity contribution in [2.45, 2.75) is 52.2 Å². The van der Waals surface area contributed by atoms with E-state index in [1.165, 1.54) is 0 Å². The molecule has 7 nitrogen and oxygen atoms in total. The van der Waals surface area contributed by atoms with Gasteiger partial charge in [0.1, 0.15) is 12.2 Å². The van der Waals surface area contributed by atoms with E-state index in [4.69, 9.17) is 4.74 Å². The standard InChI is InChI=1S/C10H20N2O5/c1-5-6-8(7-16-12(14)15)11-9(13)17-10(2,3)4/h8H,5-7H2,1-4H3,(H,11,13)/t8-/m0/s1. The van der Waals surface area contributed by atoms with Crippen molar-refractivity contribution in [1.82, 2.24) is 5.32 Å². The molecule has 100 valence electrons. The highest BCUT2D eigenvalue weighted by atomic mass is 16.9. The van der Waals surface area contributed by atoms with Crippen molar-refractivity contribution in [1.29, 1.82) is 0 Å². The Morgan fingerprint density at radius 2 is 2.06 bits per heavy atom. The molecule has 7 heteroatoms. The first-order valence-corrected chi connectivity index (χ1v) is 5.51. The predicted molar refractivity (Wildman–Crippen MR) is 61.0 cm³/mol. The van der Waals surface area contributed by atoms with Gasteiger partial charge in [-0.1, -0.05) is 13.3 Å². The van der Waals surface area contributed by atoms with Gasteiger partial charge in [0.15, 0.2) is 0 Å².